The number of halogens is 1. The third-order valence-electron chi connectivity index (χ3n) is 3.17. The van der Waals surface area contributed by atoms with E-state index >= 15 is 0 Å². The first-order valence-electron chi connectivity index (χ1n) is 6.91. The zero-order valence-corrected chi connectivity index (χ0v) is 13.4. The number of carbonyl (C=O) groups is 1. The van der Waals surface area contributed by atoms with Crippen molar-refractivity contribution in [2.75, 3.05) is 0 Å². The third-order valence-corrected chi connectivity index (χ3v) is 3.67. The van der Waals surface area contributed by atoms with Crippen LogP contribution in [0.3, 0.4) is 0 Å². The average molecular weight is 355 g/mol. The lowest BCUT2D eigenvalue weighted by atomic mass is 10.1. The number of nitrogens with one attached hydrogen (secondary N) is 3. The average Bonchev–Trinajstić information content (AvgIpc) is 2.42. The molecule has 1 aromatic carbocycles. The molecule has 0 aliphatic carbocycles. The van der Waals surface area contributed by atoms with Gasteiger partial charge in [-0.05, 0) is 24.6 Å². The van der Waals surface area contributed by atoms with Gasteiger partial charge in [-0.3, -0.25) is 15.5 Å². The summed E-state index contributed by atoms with van der Waals surface area (Å²) in [5.41, 5.74) is 3.42. The van der Waals surface area contributed by atoms with Crippen LogP contribution in [0.1, 0.15) is 31.7 Å². The van der Waals surface area contributed by atoms with Crippen LogP contribution in [0.25, 0.3) is 0 Å². The van der Waals surface area contributed by atoms with Gasteiger partial charge in [-0.2, -0.15) is 5.10 Å². The van der Waals surface area contributed by atoms with Crippen molar-refractivity contribution >= 4 is 28.1 Å². The lowest BCUT2D eigenvalue weighted by Gasteiger charge is -2.30. The number of nitrogens with zero attached hydrogens (tertiary/aromatic N) is 1. The molecule has 2 rings (SSSR count). The molecule has 0 bridgehead atoms. The predicted octanol–water partition coefficient (Wildman–Crippen LogP) is 1.64. The predicted molar refractivity (Wildman–Crippen MR) is 84.9 cm³/mol. The second-order valence-electron chi connectivity index (χ2n) is 4.95. The molecule has 0 saturated carbocycles. The fourth-order valence-electron chi connectivity index (χ4n) is 2.19. The fraction of sp³-hybridized carbons (Fsp3) is 0.429. The van der Waals surface area contributed by atoms with Gasteiger partial charge in [-0.15, -0.1) is 0 Å². The standard InChI is InChI=1S/C14H19BrN4O2/c1-2-3-11-7-13(21)18-14(17-11)19-16-8-9-6-10(15)4-5-12(9)20/h4-6,8,11,14,17,19-20H,2-3,7H2,1H3,(H,18,21)/b16-8+. The SMILES string of the molecule is CCCC1CC(=O)NC(N/N=C/c2cc(Br)ccc2O)N1. The summed E-state index contributed by atoms with van der Waals surface area (Å²) in [6.07, 6.45) is 3.57. The summed E-state index contributed by atoms with van der Waals surface area (Å²) in [5.74, 6) is 0.151. The number of hydrazone groups is 1. The maximum atomic E-state index is 11.6. The summed E-state index contributed by atoms with van der Waals surface area (Å²) in [4.78, 5) is 11.6. The minimum absolute atomic E-state index is 0.00482. The number of phenols is 1. The van der Waals surface area contributed by atoms with Crippen molar-refractivity contribution in [3.63, 3.8) is 0 Å². The molecular weight excluding hydrogens is 336 g/mol. The van der Waals surface area contributed by atoms with E-state index in [-0.39, 0.29) is 17.7 Å². The van der Waals surface area contributed by atoms with Crippen molar-refractivity contribution in [1.29, 1.82) is 0 Å². The van der Waals surface area contributed by atoms with Gasteiger partial charge in [0.2, 0.25) is 5.91 Å². The topological polar surface area (TPSA) is 85.8 Å². The van der Waals surface area contributed by atoms with Crippen LogP contribution in [-0.2, 0) is 4.79 Å². The van der Waals surface area contributed by atoms with Gasteiger partial charge in [-0.25, -0.2) is 0 Å². The van der Waals surface area contributed by atoms with E-state index in [1.54, 1.807) is 18.2 Å². The van der Waals surface area contributed by atoms with E-state index < -0.39 is 6.29 Å². The first kappa shape index (κ1) is 15.8. The Morgan fingerprint density at radius 2 is 2.38 bits per heavy atom. The fourth-order valence-corrected chi connectivity index (χ4v) is 2.57. The number of hydrogen-bond donors (Lipinski definition) is 4. The molecule has 2 unspecified atom stereocenters. The van der Waals surface area contributed by atoms with Crippen LogP contribution in [0, 0.1) is 0 Å². The Kier molecular flexibility index (Phi) is 5.58. The van der Waals surface area contributed by atoms with Gasteiger partial charge in [-0.1, -0.05) is 29.3 Å². The second-order valence-corrected chi connectivity index (χ2v) is 5.86. The molecular formula is C14H19BrN4O2. The minimum atomic E-state index is -0.395. The molecule has 1 amide bonds. The molecule has 1 heterocycles. The van der Waals surface area contributed by atoms with E-state index in [1.807, 2.05) is 0 Å². The second kappa shape index (κ2) is 7.42. The van der Waals surface area contributed by atoms with E-state index in [0.717, 1.165) is 17.3 Å². The summed E-state index contributed by atoms with van der Waals surface area (Å²) in [6.45, 7) is 2.09. The molecule has 1 saturated heterocycles. The van der Waals surface area contributed by atoms with Crippen LogP contribution in [0.4, 0.5) is 0 Å². The van der Waals surface area contributed by atoms with Crippen LogP contribution in [-0.4, -0.2) is 29.6 Å². The Balaban J connectivity index is 1.93. The maximum Gasteiger partial charge on any atom is 0.224 e. The molecule has 2 atom stereocenters. The summed E-state index contributed by atoms with van der Waals surface area (Å²) in [7, 11) is 0. The van der Waals surface area contributed by atoms with Gasteiger partial charge in [0.25, 0.3) is 0 Å². The first-order chi connectivity index (χ1) is 10.1. The summed E-state index contributed by atoms with van der Waals surface area (Å²) < 4.78 is 0.855. The molecule has 4 N–H and O–H groups in total. The molecule has 1 aliphatic heterocycles. The number of rotatable bonds is 5. The Labute approximate surface area is 132 Å². The quantitative estimate of drug-likeness (QED) is 0.478. The maximum absolute atomic E-state index is 11.6. The molecule has 0 radical (unpaired) electrons. The summed E-state index contributed by atoms with van der Waals surface area (Å²) >= 11 is 3.34. The summed E-state index contributed by atoms with van der Waals surface area (Å²) in [5, 5.41) is 19.8. The van der Waals surface area contributed by atoms with Gasteiger partial charge in [0, 0.05) is 22.5 Å². The normalized spacial score (nSPS) is 22.3. The van der Waals surface area contributed by atoms with E-state index in [0.29, 0.717) is 12.0 Å². The lowest BCUT2D eigenvalue weighted by Crippen LogP contribution is -2.61. The van der Waals surface area contributed by atoms with Crippen LogP contribution in [0.15, 0.2) is 27.8 Å². The Bertz CT molecular complexity index is 536. The highest BCUT2D eigenvalue weighted by Crippen LogP contribution is 2.19. The number of aromatic hydroxyl groups is 1. The molecule has 1 aliphatic rings. The number of carbonyl (C=O) groups excluding carboxylic acids is 1. The van der Waals surface area contributed by atoms with Gasteiger partial charge < -0.3 is 10.4 Å². The molecule has 114 valence electrons. The van der Waals surface area contributed by atoms with Gasteiger partial charge in [0.15, 0.2) is 6.29 Å². The third kappa shape index (κ3) is 4.71. The number of phenolic OH excluding ortho intramolecular Hbond substituents is 1. The van der Waals surface area contributed by atoms with Crippen molar-refractivity contribution < 1.29 is 9.90 Å². The number of benzene rings is 1. The van der Waals surface area contributed by atoms with E-state index in [4.69, 9.17) is 0 Å². The molecule has 1 aromatic rings. The van der Waals surface area contributed by atoms with Crippen molar-refractivity contribution in [3.8, 4) is 5.75 Å². The highest BCUT2D eigenvalue weighted by Gasteiger charge is 2.24. The smallest absolute Gasteiger partial charge is 0.224 e. The zero-order chi connectivity index (χ0) is 15.2. The lowest BCUT2D eigenvalue weighted by molar-refractivity contribution is -0.124. The first-order valence-corrected chi connectivity index (χ1v) is 7.70. The molecule has 0 aromatic heterocycles. The van der Waals surface area contributed by atoms with E-state index in [2.05, 4.69) is 44.0 Å². The molecule has 1 fully saturated rings. The highest BCUT2D eigenvalue weighted by molar-refractivity contribution is 9.10. The van der Waals surface area contributed by atoms with Gasteiger partial charge in [0.05, 0.1) is 6.21 Å². The van der Waals surface area contributed by atoms with Crippen LogP contribution in [0.2, 0.25) is 0 Å². The van der Waals surface area contributed by atoms with Crippen molar-refractivity contribution in [3.05, 3.63) is 28.2 Å². The molecule has 21 heavy (non-hydrogen) atoms. The van der Waals surface area contributed by atoms with Crippen LogP contribution < -0.4 is 16.1 Å². The molecule has 0 spiro atoms. The van der Waals surface area contributed by atoms with Gasteiger partial charge >= 0.3 is 0 Å². The van der Waals surface area contributed by atoms with Crippen molar-refractivity contribution in [2.24, 2.45) is 5.10 Å². The van der Waals surface area contributed by atoms with Crippen LogP contribution in [0.5, 0.6) is 5.75 Å². The molecule has 7 heteroatoms. The highest BCUT2D eigenvalue weighted by atomic mass is 79.9. The molecule has 6 nitrogen and oxygen atoms in total. The Hall–Kier alpha value is -1.60. The zero-order valence-electron chi connectivity index (χ0n) is 11.8. The number of hydrogen-bond acceptors (Lipinski definition) is 5. The van der Waals surface area contributed by atoms with Crippen molar-refractivity contribution in [1.82, 2.24) is 16.1 Å². The summed E-state index contributed by atoms with van der Waals surface area (Å²) in [6, 6.07) is 5.25. The van der Waals surface area contributed by atoms with Gasteiger partial charge in [0.1, 0.15) is 5.75 Å². The Morgan fingerprint density at radius 3 is 3.14 bits per heavy atom. The van der Waals surface area contributed by atoms with Crippen LogP contribution >= 0.6 is 15.9 Å². The van der Waals surface area contributed by atoms with Crippen molar-refractivity contribution in [2.45, 2.75) is 38.5 Å². The number of amides is 1. The Morgan fingerprint density at radius 1 is 1.57 bits per heavy atom. The van der Waals surface area contributed by atoms with E-state index in [1.165, 1.54) is 6.21 Å². The van der Waals surface area contributed by atoms with E-state index in [9.17, 15) is 9.90 Å². The largest absolute Gasteiger partial charge is 0.507 e. The monoisotopic (exact) mass is 354 g/mol. The minimum Gasteiger partial charge on any atom is -0.507 e.